The summed E-state index contributed by atoms with van der Waals surface area (Å²) in [6, 6.07) is 7.46. The number of amides is 4. The van der Waals surface area contributed by atoms with Gasteiger partial charge in [0.1, 0.15) is 23.9 Å². The largest absolute Gasteiger partial charge is 0.409 e. The third kappa shape index (κ3) is 4.85. The van der Waals surface area contributed by atoms with Crippen LogP contribution in [-0.2, 0) is 35.1 Å². The molecule has 3 aliphatic rings. The molecule has 1 aliphatic heterocycles. The molecule has 0 radical (unpaired) electrons. The van der Waals surface area contributed by atoms with Gasteiger partial charge in [-0.05, 0) is 66.0 Å². The van der Waals surface area contributed by atoms with Gasteiger partial charge in [0.15, 0.2) is 0 Å². The van der Waals surface area contributed by atoms with Crippen LogP contribution in [0.2, 0.25) is 0 Å². The van der Waals surface area contributed by atoms with Crippen LogP contribution in [0.3, 0.4) is 0 Å². The molecule has 1 aromatic heterocycles. The molecule has 2 heterocycles. The minimum absolute atomic E-state index is 0.265. The third-order valence-corrected chi connectivity index (χ3v) is 8.17. The Labute approximate surface area is 232 Å². The van der Waals surface area contributed by atoms with Crippen LogP contribution in [0.25, 0.3) is 11.1 Å². The molecule has 1 N–H and O–H groups in total. The fourth-order valence-corrected chi connectivity index (χ4v) is 6.01. The standard InChI is InChI=1S/C29H27F4N5O3/c1-36-15-21(13-34-36)19-6-9-23-20(12-19)10-11-28(23)26(40)38(27(41)35-28)16-24(39)37(14-17-2-7-22(30)8-3-17)25(18-4-5-18)29(31,32)33/h2-3,6-9,12-13,15,18,25H,4-5,10-11,14,16H2,1H3,(H,35,41)/t25-,28-/m0/s1. The molecule has 41 heavy (non-hydrogen) atoms. The number of nitrogens with one attached hydrogen (secondary N) is 1. The summed E-state index contributed by atoms with van der Waals surface area (Å²) < 4.78 is 57.7. The highest BCUT2D eigenvalue weighted by Gasteiger charge is 2.57. The number of aromatic nitrogens is 2. The third-order valence-electron chi connectivity index (χ3n) is 8.17. The van der Waals surface area contributed by atoms with Crippen molar-refractivity contribution in [3.05, 3.63) is 77.4 Å². The fraction of sp³-hybridized carbons (Fsp3) is 0.379. The molecule has 214 valence electrons. The number of hydrogen-bond acceptors (Lipinski definition) is 4. The zero-order chi connectivity index (χ0) is 29.1. The summed E-state index contributed by atoms with van der Waals surface area (Å²) in [5.74, 6) is -3.01. The number of alkyl halides is 3. The quantitative estimate of drug-likeness (QED) is 0.340. The Morgan fingerprint density at radius 2 is 1.88 bits per heavy atom. The maximum Gasteiger partial charge on any atom is 0.409 e. The number of benzene rings is 2. The van der Waals surface area contributed by atoms with E-state index in [1.54, 1.807) is 24.0 Å². The minimum Gasteiger partial charge on any atom is -0.324 e. The van der Waals surface area contributed by atoms with Crippen LogP contribution in [0.15, 0.2) is 54.9 Å². The first kappa shape index (κ1) is 27.0. The summed E-state index contributed by atoms with van der Waals surface area (Å²) in [6.45, 7) is -1.27. The van der Waals surface area contributed by atoms with Gasteiger partial charge in [-0.3, -0.25) is 19.2 Å². The molecule has 0 unspecified atom stereocenters. The van der Waals surface area contributed by atoms with E-state index >= 15 is 0 Å². The van der Waals surface area contributed by atoms with Crippen molar-refractivity contribution in [1.82, 2.24) is 24.9 Å². The summed E-state index contributed by atoms with van der Waals surface area (Å²) in [4.78, 5) is 41.7. The van der Waals surface area contributed by atoms with Crippen LogP contribution in [-0.4, -0.2) is 56.2 Å². The van der Waals surface area contributed by atoms with Gasteiger partial charge in [-0.15, -0.1) is 0 Å². The maximum atomic E-state index is 14.2. The number of carbonyl (C=O) groups is 3. The molecular formula is C29H27F4N5O3. The summed E-state index contributed by atoms with van der Waals surface area (Å²) in [6.07, 6.45) is 0.229. The Kier molecular flexibility index (Phi) is 6.39. The molecular weight excluding hydrogens is 542 g/mol. The zero-order valence-corrected chi connectivity index (χ0v) is 22.1. The molecule has 4 amide bonds. The average Bonchev–Trinajstić information content (AvgIpc) is 3.47. The summed E-state index contributed by atoms with van der Waals surface area (Å²) in [5.41, 5.74) is 2.16. The van der Waals surface area contributed by atoms with E-state index in [9.17, 15) is 31.9 Å². The van der Waals surface area contributed by atoms with Crippen molar-refractivity contribution >= 4 is 17.8 Å². The number of rotatable bonds is 7. The number of fused-ring (bicyclic) bond motifs is 2. The highest BCUT2D eigenvalue weighted by molar-refractivity contribution is 6.10. The Hall–Kier alpha value is -4.22. The second kappa shape index (κ2) is 9.71. The van der Waals surface area contributed by atoms with Gasteiger partial charge in [0.2, 0.25) is 5.91 Å². The number of halogens is 4. The van der Waals surface area contributed by atoms with Gasteiger partial charge < -0.3 is 10.2 Å². The molecule has 12 heteroatoms. The molecule has 8 nitrogen and oxygen atoms in total. The van der Waals surface area contributed by atoms with Crippen LogP contribution in [0.4, 0.5) is 22.4 Å². The van der Waals surface area contributed by atoms with Gasteiger partial charge in [0.25, 0.3) is 5.91 Å². The van der Waals surface area contributed by atoms with Crippen LogP contribution >= 0.6 is 0 Å². The van der Waals surface area contributed by atoms with E-state index in [2.05, 4.69) is 10.4 Å². The predicted molar refractivity (Wildman–Crippen MR) is 138 cm³/mol. The van der Waals surface area contributed by atoms with E-state index in [4.69, 9.17) is 0 Å². The van der Waals surface area contributed by atoms with Crippen molar-refractivity contribution in [2.75, 3.05) is 6.54 Å². The number of hydrogen-bond donors (Lipinski definition) is 1. The molecule has 2 aliphatic carbocycles. The van der Waals surface area contributed by atoms with Crippen LogP contribution in [0.5, 0.6) is 0 Å². The fourth-order valence-electron chi connectivity index (χ4n) is 6.01. The van der Waals surface area contributed by atoms with Crippen LogP contribution in [0, 0.1) is 11.7 Å². The second-order valence-electron chi connectivity index (χ2n) is 11.0. The number of urea groups is 1. The first-order valence-corrected chi connectivity index (χ1v) is 13.3. The molecule has 1 saturated carbocycles. The van der Waals surface area contributed by atoms with Gasteiger partial charge in [-0.2, -0.15) is 18.3 Å². The second-order valence-corrected chi connectivity index (χ2v) is 11.0. The lowest BCUT2D eigenvalue weighted by atomic mass is 9.90. The lowest BCUT2D eigenvalue weighted by Gasteiger charge is -2.34. The Morgan fingerprint density at radius 1 is 1.15 bits per heavy atom. The van der Waals surface area contributed by atoms with Crippen molar-refractivity contribution in [3.8, 4) is 11.1 Å². The van der Waals surface area contributed by atoms with E-state index in [-0.39, 0.29) is 6.42 Å². The van der Waals surface area contributed by atoms with E-state index in [1.165, 1.54) is 12.1 Å². The molecule has 1 spiro atoms. The van der Waals surface area contributed by atoms with E-state index in [1.807, 2.05) is 18.3 Å². The minimum atomic E-state index is -4.72. The monoisotopic (exact) mass is 569 g/mol. The topological polar surface area (TPSA) is 87.5 Å². The van der Waals surface area contributed by atoms with E-state index in [0.29, 0.717) is 40.2 Å². The first-order valence-electron chi connectivity index (χ1n) is 13.3. The smallest absolute Gasteiger partial charge is 0.324 e. The Bertz CT molecular complexity index is 1530. The number of carbonyl (C=O) groups excluding carboxylic acids is 3. The van der Waals surface area contributed by atoms with Crippen LogP contribution in [0.1, 0.15) is 36.0 Å². The highest BCUT2D eigenvalue weighted by Crippen LogP contribution is 2.45. The van der Waals surface area contributed by atoms with Gasteiger partial charge in [-0.1, -0.05) is 30.3 Å². The normalized spacial score (nSPS) is 20.9. The number of nitrogens with zero attached hydrogens (tertiary/aromatic N) is 4. The van der Waals surface area contributed by atoms with Gasteiger partial charge in [0.05, 0.1) is 6.20 Å². The lowest BCUT2D eigenvalue weighted by molar-refractivity contribution is -0.196. The Morgan fingerprint density at radius 3 is 2.51 bits per heavy atom. The molecule has 3 aromatic rings. The number of imide groups is 1. The zero-order valence-electron chi connectivity index (χ0n) is 22.1. The average molecular weight is 570 g/mol. The SMILES string of the molecule is Cn1cc(-c2ccc3c(c2)CC[C@]32NC(=O)N(CC(=O)N(Cc3ccc(F)cc3)[C@@H](C3CC3)C(F)(F)F)C2=O)cn1. The molecule has 1 saturated heterocycles. The molecule has 2 atom stereocenters. The van der Waals surface area contributed by atoms with Crippen molar-refractivity contribution in [3.63, 3.8) is 0 Å². The maximum absolute atomic E-state index is 14.2. The Balaban J connectivity index is 1.26. The van der Waals surface area contributed by atoms with Crippen molar-refractivity contribution < 1.29 is 31.9 Å². The van der Waals surface area contributed by atoms with Crippen molar-refractivity contribution in [2.24, 2.45) is 13.0 Å². The first-order chi connectivity index (χ1) is 19.5. The predicted octanol–water partition coefficient (Wildman–Crippen LogP) is 4.29. The van der Waals surface area contributed by atoms with E-state index in [0.717, 1.165) is 28.8 Å². The van der Waals surface area contributed by atoms with E-state index < -0.39 is 60.4 Å². The molecule has 6 rings (SSSR count). The molecule has 2 fully saturated rings. The lowest BCUT2D eigenvalue weighted by Crippen LogP contribution is -2.53. The van der Waals surface area contributed by atoms with Crippen molar-refractivity contribution in [2.45, 2.75) is 50.0 Å². The van der Waals surface area contributed by atoms with Gasteiger partial charge >= 0.3 is 12.2 Å². The summed E-state index contributed by atoms with van der Waals surface area (Å²) >= 11 is 0. The van der Waals surface area contributed by atoms with Gasteiger partial charge in [0, 0.05) is 25.4 Å². The summed E-state index contributed by atoms with van der Waals surface area (Å²) in [7, 11) is 1.80. The summed E-state index contributed by atoms with van der Waals surface area (Å²) in [5, 5.41) is 6.91. The number of aryl methyl sites for hydroxylation is 2. The van der Waals surface area contributed by atoms with Gasteiger partial charge in [-0.25, -0.2) is 9.18 Å². The molecule has 2 aromatic carbocycles. The van der Waals surface area contributed by atoms with Crippen LogP contribution < -0.4 is 5.32 Å². The van der Waals surface area contributed by atoms with Crippen molar-refractivity contribution in [1.29, 1.82) is 0 Å². The highest BCUT2D eigenvalue weighted by atomic mass is 19.4. The molecule has 0 bridgehead atoms.